The first-order valence-corrected chi connectivity index (χ1v) is 15.0. The molecule has 1 saturated heterocycles. The zero-order valence-electron chi connectivity index (χ0n) is 24.5. The summed E-state index contributed by atoms with van der Waals surface area (Å²) in [6, 6.07) is 3.34. The Balaban J connectivity index is 0.000000580. The maximum absolute atomic E-state index is 15.1. The average Bonchev–Trinajstić information content (AvgIpc) is 3.57. The number of hydrogen-bond acceptors (Lipinski definition) is 2. The van der Waals surface area contributed by atoms with Crippen LogP contribution >= 0.6 is 0 Å². The van der Waals surface area contributed by atoms with Gasteiger partial charge in [-0.25, -0.2) is 4.39 Å². The maximum Gasteiger partial charge on any atom is 0.256 e. The fourth-order valence-electron chi connectivity index (χ4n) is 7.18. The lowest BCUT2D eigenvalue weighted by Gasteiger charge is -2.49. The SMILES string of the molecule is C=CC.CC1CCN(C(=O)c2cc(C3CC3)c(OCC34CC(C)CC(CC(C)C3)C4)cc2F)C1.CCC. The quantitative estimate of drug-likeness (QED) is 0.368. The molecule has 3 saturated carbocycles. The maximum atomic E-state index is 15.1. The van der Waals surface area contributed by atoms with E-state index >= 15 is 4.39 Å². The first-order valence-electron chi connectivity index (χ1n) is 15.0. The number of benzene rings is 1. The van der Waals surface area contributed by atoms with E-state index in [0.29, 0.717) is 24.2 Å². The molecule has 0 aromatic heterocycles. The van der Waals surface area contributed by atoms with E-state index in [1.54, 1.807) is 6.08 Å². The average molecular weight is 514 g/mol. The van der Waals surface area contributed by atoms with Crippen molar-refractivity contribution in [2.24, 2.45) is 29.1 Å². The predicted molar refractivity (Wildman–Crippen MR) is 153 cm³/mol. The number of nitrogens with zero attached hydrogens (tertiary/aromatic N) is 1. The molecular formula is C33H52FNO2. The molecule has 1 aliphatic heterocycles. The van der Waals surface area contributed by atoms with Crippen LogP contribution < -0.4 is 4.74 Å². The monoisotopic (exact) mass is 513 g/mol. The zero-order chi connectivity index (χ0) is 27.2. The highest BCUT2D eigenvalue weighted by Gasteiger charge is 2.45. The van der Waals surface area contributed by atoms with E-state index in [1.165, 1.54) is 44.6 Å². The van der Waals surface area contributed by atoms with Crippen LogP contribution in [-0.2, 0) is 0 Å². The number of likely N-dealkylation sites (tertiary alicyclic amines) is 1. The summed E-state index contributed by atoms with van der Waals surface area (Å²) in [6.45, 7) is 18.6. The molecule has 4 fully saturated rings. The van der Waals surface area contributed by atoms with Crippen LogP contribution in [0, 0.1) is 34.9 Å². The number of allylic oxidation sites excluding steroid dienone is 1. The minimum absolute atomic E-state index is 0.154. The zero-order valence-corrected chi connectivity index (χ0v) is 24.5. The van der Waals surface area contributed by atoms with Gasteiger partial charge in [0.05, 0.1) is 12.2 Å². The highest BCUT2D eigenvalue weighted by atomic mass is 19.1. The van der Waals surface area contributed by atoms with Crippen molar-refractivity contribution < 1.29 is 13.9 Å². The molecule has 2 bridgehead atoms. The number of hydrogen-bond donors (Lipinski definition) is 0. The molecule has 208 valence electrons. The van der Waals surface area contributed by atoms with Gasteiger partial charge < -0.3 is 9.64 Å². The van der Waals surface area contributed by atoms with E-state index in [1.807, 2.05) is 17.9 Å². The van der Waals surface area contributed by atoms with Crippen molar-refractivity contribution in [1.82, 2.24) is 4.90 Å². The number of halogens is 1. The summed E-state index contributed by atoms with van der Waals surface area (Å²) in [5.41, 5.74) is 1.52. The molecule has 5 rings (SSSR count). The molecular weight excluding hydrogens is 461 g/mol. The van der Waals surface area contributed by atoms with Gasteiger partial charge in [0.1, 0.15) is 11.6 Å². The predicted octanol–water partition coefficient (Wildman–Crippen LogP) is 9.03. The Hall–Kier alpha value is -1.84. The molecule has 1 amide bonds. The van der Waals surface area contributed by atoms with Crippen LogP contribution in [0.3, 0.4) is 0 Å². The molecule has 3 aliphatic carbocycles. The van der Waals surface area contributed by atoms with Gasteiger partial charge in [0, 0.05) is 24.6 Å². The molecule has 3 unspecified atom stereocenters. The smallest absolute Gasteiger partial charge is 0.256 e. The summed E-state index contributed by atoms with van der Waals surface area (Å²) in [5, 5.41) is 0. The Labute approximate surface area is 226 Å². The Kier molecular flexibility index (Phi) is 10.7. The molecule has 3 atom stereocenters. The number of carbonyl (C=O) groups excluding carboxylic acids is 1. The fourth-order valence-corrected chi connectivity index (χ4v) is 7.18. The van der Waals surface area contributed by atoms with Gasteiger partial charge in [-0.05, 0) is 99.5 Å². The highest BCUT2D eigenvalue weighted by molar-refractivity contribution is 5.95. The van der Waals surface area contributed by atoms with Crippen LogP contribution in [-0.4, -0.2) is 30.5 Å². The van der Waals surface area contributed by atoms with Gasteiger partial charge >= 0.3 is 0 Å². The van der Waals surface area contributed by atoms with Crippen molar-refractivity contribution in [2.75, 3.05) is 19.7 Å². The lowest BCUT2D eigenvalue weighted by molar-refractivity contribution is -0.0167. The third-order valence-corrected chi connectivity index (χ3v) is 8.35. The minimum Gasteiger partial charge on any atom is -0.493 e. The Morgan fingerprint density at radius 1 is 1.08 bits per heavy atom. The first kappa shape index (κ1) is 29.7. The summed E-state index contributed by atoms with van der Waals surface area (Å²) in [7, 11) is 0. The summed E-state index contributed by atoms with van der Waals surface area (Å²) < 4.78 is 21.6. The standard InChI is InChI=1S/C27H38FNO2.C3H8.C3H6/c1-17-6-7-29(15-17)26(30)23-10-22(21-4-5-21)25(11-24(23)28)31-16-27-12-18(2)8-20(14-27)9-19(3)13-27;2*1-3-2/h10-11,17-21H,4-9,12-16H2,1-3H3;3H2,1-2H3;3H,1H2,2H3. The summed E-state index contributed by atoms with van der Waals surface area (Å²) >= 11 is 0. The number of fused-ring (bicyclic) bond motifs is 2. The fraction of sp³-hybridized carbons (Fsp3) is 0.727. The van der Waals surface area contributed by atoms with Crippen molar-refractivity contribution in [3.8, 4) is 5.75 Å². The molecule has 4 aliphatic rings. The van der Waals surface area contributed by atoms with Gasteiger partial charge in [-0.15, -0.1) is 6.58 Å². The summed E-state index contributed by atoms with van der Waals surface area (Å²) in [5.74, 6) is 3.34. The van der Waals surface area contributed by atoms with Crippen molar-refractivity contribution in [1.29, 1.82) is 0 Å². The van der Waals surface area contributed by atoms with Crippen LogP contribution in [0.2, 0.25) is 0 Å². The molecule has 1 heterocycles. The van der Waals surface area contributed by atoms with E-state index in [4.69, 9.17) is 4.74 Å². The van der Waals surface area contributed by atoms with E-state index in [-0.39, 0.29) is 16.9 Å². The van der Waals surface area contributed by atoms with Crippen LogP contribution in [0.5, 0.6) is 5.75 Å². The largest absolute Gasteiger partial charge is 0.493 e. The second kappa shape index (κ2) is 13.3. The molecule has 1 aromatic rings. The second-order valence-corrected chi connectivity index (χ2v) is 12.9. The van der Waals surface area contributed by atoms with Gasteiger partial charge in [-0.3, -0.25) is 4.79 Å². The van der Waals surface area contributed by atoms with Gasteiger partial charge in [0.2, 0.25) is 0 Å². The number of carbonyl (C=O) groups is 1. The van der Waals surface area contributed by atoms with Gasteiger partial charge in [-0.2, -0.15) is 0 Å². The number of ether oxygens (including phenoxy) is 1. The molecule has 4 heteroatoms. The Bertz CT molecular complexity index is 888. The molecule has 0 spiro atoms. The van der Waals surface area contributed by atoms with Gasteiger partial charge in [0.25, 0.3) is 5.91 Å². The lowest BCUT2D eigenvalue weighted by Crippen LogP contribution is -2.43. The van der Waals surface area contributed by atoms with Gasteiger partial charge in [0.15, 0.2) is 0 Å². The summed E-state index contributed by atoms with van der Waals surface area (Å²) in [4.78, 5) is 14.8. The normalized spacial score (nSPS) is 30.4. The van der Waals surface area contributed by atoms with Crippen LogP contribution in [0.25, 0.3) is 0 Å². The summed E-state index contributed by atoms with van der Waals surface area (Å²) in [6.07, 6.45) is 12.6. The van der Waals surface area contributed by atoms with Crippen molar-refractivity contribution in [2.45, 2.75) is 105 Å². The molecule has 0 N–H and O–H groups in total. The van der Waals surface area contributed by atoms with Crippen LogP contribution in [0.15, 0.2) is 24.8 Å². The highest BCUT2D eigenvalue weighted by Crippen LogP contribution is 2.53. The number of amides is 1. The van der Waals surface area contributed by atoms with E-state index in [2.05, 4.69) is 41.2 Å². The lowest BCUT2D eigenvalue weighted by atomic mass is 9.57. The van der Waals surface area contributed by atoms with Gasteiger partial charge in [-0.1, -0.05) is 47.1 Å². The van der Waals surface area contributed by atoms with E-state index < -0.39 is 5.82 Å². The van der Waals surface area contributed by atoms with Crippen molar-refractivity contribution in [3.63, 3.8) is 0 Å². The third kappa shape index (κ3) is 7.83. The number of rotatable bonds is 5. The van der Waals surface area contributed by atoms with E-state index in [9.17, 15) is 4.79 Å². The molecule has 0 radical (unpaired) electrons. The van der Waals surface area contributed by atoms with Crippen LogP contribution in [0.1, 0.15) is 121 Å². The molecule has 1 aromatic carbocycles. The third-order valence-electron chi connectivity index (χ3n) is 8.35. The van der Waals surface area contributed by atoms with Crippen molar-refractivity contribution >= 4 is 5.91 Å². The van der Waals surface area contributed by atoms with Crippen LogP contribution in [0.4, 0.5) is 4.39 Å². The Morgan fingerprint density at radius 3 is 2.19 bits per heavy atom. The second-order valence-electron chi connectivity index (χ2n) is 12.9. The molecule has 3 nitrogen and oxygen atoms in total. The van der Waals surface area contributed by atoms with Crippen molar-refractivity contribution in [3.05, 3.63) is 41.7 Å². The van der Waals surface area contributed by atoms with E-state index in [0.717, 1.165) is 55.7 Å². The topological polar surface area (TPSA) is 29.5 Å². The first-order chi connectivity index (χ1) is 17.6. The Morgan fingerprint density at radius 2 is 1.68 bits per heavy atom. The minimum atomic E-state index is -0.423. The molecule has 37 heavy (non-hydrogen) atoms.